The number of morpholine rings is 1. The topological polar surface area (TPSA) is 131 Å². The summed E-state index contributed by atoms with van der Waals surface area (Å²) in [4.78, 5) is 52.0. The highest BCUT2D eigenvalue weighted by atomic mass is 32.2. The molecule has 2 aliphatic heterocycles. The normalized spacial score (nSPS) is 17.1. The number of carbonyl (C=O) groups excluding carboxylic acids is 4. The first kappa shape index (κ1) is 24.3. The number of nitrogens with two attached hydrogens (primary N) is 1. The molecule has 2 aliphatic rings. The van der Waals surface area contributed by atoms with Gasteiger partial charge in [-0.05, 0) is 48.2 Å². The Hall–Kier alpha value is -3.83. The molecule has 11 heteroatoms. The fourth-order valence-electron chi connectivity index (χ4n) is 3.58. The van der Waals surface area contributed by atoms with Gasteiger partial charge >= 0.3 is 0 Å². The summed E-state index contributed by atoms with van der Waals surface area (Å²) in [6.07, 6.45) is 1.49. The highest BCUT2D eigenvalue weighted by Crippen LogP contribution is 2.34. The Morgan fingerprint density at radius 1 is 1.09 bits per heavy atom. The third kappa shape index (κ3) is 6.19. The second-order valence-electron chi connectivity index (χ2n) is 7.76. The molecule has 182 valence electrons. The molecule has 35 heavy (non-hydrogen) atoms. The van der Waals surface area contributed by atoms with Crippen molar-refractivity contribution < 1.29 is 28.7 Å². The molecule has 2 heterocycles. The molecule has 2 fully saturated rings. The number of carbonyl (C=O) groups is 4. The molecule has 2 saturated heterocycles. The average molecular weight is 497 g/mol. The van der Waals surface area contributed by atoms with E-state index in [-0.39, 0.29) is 11.5 Å². The molecule has 3 N–H and O–H groups in total. The zero-order valence-electron chi connectivity index (χ0n) is 18.8. The first-order valence-corrected chi connectivity index (χ1v) is 11.7. The van der Waals surface area contributed by atoms with Gasteiger partial charge in [-0.1, -0.05) is 18.2 Å². The molecule has 4 amide bonds. The van der Waals surface area contributed by atoms with Gasteiger partial charge in [0.05, 0.1) is 18.1 Å². The van der Waals surface area contributed by atoms with Gasteiger partial charge in [-0.2, -0.15) is 0 Å². The molecule has 0 aliphatic carbocycles. The summed E-state index contributed by atoms with van der Waals surface area (Å²) in [6.45, 7) is 2.24. The van der Waals surface area contributed by atoms with E-state index < -0.39 is 29.5 Å². The number of amides is 4. The van der Waals surface area contributed by atoms with Gasteiger partial charge < -0.3 is 25.4 Å². The summed E-state index contributed by atoms with van der Waals surface area (Å²) in [6, 6.07) is 14.1. The number of primary amides is 1. The molecule has 10 nitrogen and oxygen atoms in total. The predicted octanol–water partition coefficient (Wildman–Crippen LogP) is 2.06. The minimum absolute atomic E-state index is 0.146. The smallest absolute Gasteiger partial charge is 0.294 e. The number of hydrogen-bond donors (Lipinski definition) is 2. The Morgan fingerprint density at radius 2 is 1.80 bits per heavy atom. The molecular weight excluding hydrogens is 472 g/mol. The van der Waals surface area contributed by atoms with Crippen LogP contribution < -0.4 is 20.7 Å². The number of para-hydroxylation sites is 1. The molecule has 0 radical (unpaired) electrons. The van der Waals surface area contributed by atoms with Crippen LogP contribution in [0.4, 0.5) is 16.2 Å². The van der Waals surface area contributed by atoms with E-state index in [1.54, 1.807) is 36.4 Å². The maximum atomic E-state index is 12.8. The van der Waals surface area contributed by atoms with Crippen molar-refractivity contribution in [3.8, 4) is 5.75 Å². The number of ether oxygens (including phenoxy) is 2. The Labute approximate surface area is 206 Å². The molecule has 2 aromatic rings. The van der Waals surface area contributed by atoms with Crippen LogP contribution >= 0.6 is 11.8 Å². The van der Waals surface area contributed by atoms with Crippen molar-refractivity contribution in [3.05, 3.63) is 59.0 Å². The average Bonchev–Trinajstić information content (AvgIpc) is 3.11. The summed E-state index contributed by atoms with van der Waals surface area (Å²) in [5.74, 6) is -1.36. The van der Waals surface area contributed by atoms with Gasteiger partial charge in [0.15, 0.2) is 6.61 Å². The van der Waals surface area contributed by atoms with Crippen molar-refractivity contribution in [2.75, 3.05) is 49.7 Å². The maximum Gasteiger partial charge on any atom is 0.294 e. The Kier molecular flexibility index (Phi) is 7.68. The molecule has 0 aromatic heterocycles. The number of imide groups is 1. The highest BCUT2D eigenvalue weighted by molar-refractivity contribution is 8.18. The molecule has 0 saturated carbocycles. The Morgan fingerprint density at radius 3 is 2.51 bits per heavy atom. The largest absolute Gasteiger partial charge is 0.483 e. The van der Waals surface area contributed by atoms with E-state index in [4.69, 9.17) is 15.2 Å². The zero-order chi connectivity index (χ0) is 24.8. The lowest BCUT2D eigenvalue weighted by Gasteiger charge is -2.28. The van der Waals surface area contributed by atoms with Crippen LogP contribution in [0, 0.1) is 0 Å². The van der Waals surface area contributed by atoms with E-state index in [2.05, 4.69) is 10.2 Å². The first-order valence-electron chi connectivity index (χ1n) is 10.9. The molecule has 0 unspecified atom stereocenters. The number of nitrogens with one attached hydrogen (secondary N) is 1. The molecular formula is C24H24N4O6S. The summed E-state index contributed by atoms with van der Waals surface area (Å²) >= 11 is 0.731. The second kappa shape index (κ2) is 11.1. The third-order valence-corrected chi connectivity index (χ3v) is 6.19. The molecule has 4 rings (SSSR count). The van der Waals surface area contributed by atoms with Crippen LogP contribution in [0.25, 0.3) is 6.08 Å². The quantitative estimate of drug-likeness (QED) is 0.531. The number of rotatable bonds is 8. The summed E-state index contributed by atoms with van der Waals surface area (Å²) in [7, 11) is 0. The summed E-state index contributed by atoms with van der Waals surface area (Å²) < 4.78 is 10.7. The molecule has 0 atom stereocenters. The lowest BCUT2D eigenvalue weighted by Crippen LogP contribution is -2.36. The number of nitrogens with zero attached hydrogens (tertiary/aromatic N) is 2. The van der Waals surface area contributed by atoms with Crippen LogP contribution in [0.3, 0.4) is 0 Å². The van der Waals surface area contributed by atoms with Crippen molar-refractivity contribution in [2.24, 2.45) is 5.73 Å². The van der Waals surface area contributed by atoms with Gasteiger partial charge in [-0.15, -0.1) is 0 Å². The second-order valence-corrected chi connectivity index (χ2v) is 8.75. The van der Waals surface area contributed by atoms with Crippen LogP contribution in [0.2, 0.25) is 0 Å². The fourth-order valence-corrected chi connectivity index (χ4v) is 4.41. The maximum absolute atomic E-state index is 12.8. The van der Waals surface area contributed by atoms with Gasteiger partial charge in [-0.3, -0.25) is 24.1 Å². The summed E-state index contributed by atoms with van der Waals surface area (Å²) in [5.41, 5.74) is 7.22. The zero-order valence-corrected chi connectivity index (χ0v) is 19.6. The van der Waals surface area contributed by atoms with Crippen LogP contribution in [0.5, 0.6) is 5.75 Å². The van der Waals surface area contributed by atoms with E-state index in [1.807, 2.05) is 12.1 Å². The Bertz CT molecular complexity index is 1160. The number of thioether (sulfide) groups is 1. The van der Waals surface area contributed by atoms with Gasteiger partial charge in [0, 0.05) is 30.0 Å². The van der Waals surface area contributed by atoms with Gasteiger partial charge in [-0.25, -0.2) is 0 Å². The lowest BCUT2D eigenvalue weighted by atomic mass is 10.2. The number of anilines is 2. The highest BCUT2D eigenvalue weighted by Gasteiger charge is 2.36. The molecule has 2 aromatic carbocycles. The van der Waals surface area contributed by atoms with Crippen LogP contribution in [0.1, 0.15) is 5.56 Å². The minimum atomic E-state index is -0.637. The number of benzene rings is 2. The van der Waals surface area contributed by atoms with E-state index in [0.29, 0.717) is 30.2 Å². The van der Waals surface area contributed by atoms with Gasteiger partial charge in [0.1, 0.15) is 12.3 Å². The van der Waals surface area contributed by atoms with Crippen LogP contribution in [-0.2, 0) is 19.1 Å². The SMILES string of the molecule is NC(=O)COc1ccccc1/C=C1/SC(=O)N(CC(=O)Nc2ccc(N3CCOCC3)cc2)C1=O. The van der Waals surface area contributed by atoms with Crippen LogP contribution in [0.15, 0.2) is 53.4 Å². The summed E-state index contributed by atoms with van der Waals surface area (Å²) in [5, 5.41) is 2.17. The standard InChI is InChI=1S/C24H24N4O6S/c25-21(29)15-34-19-4-2-1-3-16(19)13-20-23(31)28(24(32)35-20)14-22(30)26-17-5-7-18(8-6-17)27-9-11-33-12-10-27/h1-8,13H,9-12,14-15H2,(H2,25,29)(H,26,30)/b20-13+. The van der Waals surface area contributed by atoms with E-state index in [1.165, 1.54) is 6.08 Å². The van der Waals surface area contributed by atoms with Crippen LogP contribution in [-0.4, -0.2) is 67.3 Å². The van der Waals surface area contributed by atoms with Crippen molar-refractivity contribution in [1.29, 1.82) is 0 Å². The van der Waals surface area contributed by atoms with Crippen molar-refractivity contribution in [2.45, 2.75) is 0 Å². The van der Waals surface area contributed by atoms with Gasteiger partial charge in [0.2, 0.25) is 5.91 Å². The first-order chi connectivity index (χ1) is 16.9. The third-order valence-electron chi connectivity index (χ3n) is 5.28. The van der Waals surface area contributed by atoms with Crippen molar-refractivity contribution in [1.82, 2.24) is 4.90 Å². The lowest BCUT2D eigenvalue weighted by molar-refractivity contribution is -0.127. The number of hydrogen-bond acceptors (Lipinski definition) is 8. The predicted molar refractivity (Wildman–Crippen MR) is 132 cm³/mol. The van der Waals surface area contributed by atoms with E-state index in [0.717, 1.165) is 35.4 Å². The van der Waals surface area contributed by atoms with Crippen molar-refractivity contribution in [3.63, 3.8) is 0 Å². The molecule has 0 bridgehead atoms. The van der Waals surface area contributed by atoms with E-state index >= 15 is 0 Å². The fraction of sp³-hybridized carbons (Fsp3) is 0.250. The Balaban J connectivity index is 1.38. The van der Waals surface area contributed by atoms with E-state index in [9.17, 15) is 19.2 Å². The van der Waals surface area contributed by atoms with Crippen molar-refractivity contribution >= 4 is 52.2 Å². The van der Waals surface area contributed by atoms with Gasteiger partial charge in [0.25, 0.3) is 17.1 Å². The minimum Gasteiger partial charge on any atom is -0.483 e. The monoisotopic (exact) mass is 496 g/mol. The molecule has 0 spiro atoms.